The van der Waals surface area contributed by atoms with E-state index in [-0.39, 0.29) is 24.1 Å². The lowest BCUT2D eigenvalue weighted by Gasteiger charge is -2.39. The first kappa shape index (κ1) is 19.8. The van der Waals surface area contributed by atoms with Gasteiger partial charge in [-0.2, -0.15) is 0 Å². The molecule has 1 unspecified atom stereocenters. The molecule has 1 saturated heterocycles. The second-order valence-electron chi connectivity index (χ2n) is 8.34. The minimum Gasteiger partial charge on any atom is -0.321 e. The number of hydrogen-bond donors (Lipinski definition) is 0. The summed E-state index contributed by atoms with van der Waals surface area (Å²) in [6, 6.07) is 13.7. The van der Waals surface area contributed by atoms with Gasteiger partial charge >= 0.3 is 0 Å². The molecule has 2 aromatic carbocycles. The Bertz CT molecular complexity index is 926. The molecule has 1 aliphatic rings. The second kappa shape index (κ2) is 7.23. The van der Waals surface area contributed by atoms with Crippen molar-refractivity contribution in [1.82, 2.24) is 4.90 Å². The van der Waals surface area contributed by atoms with Gasteiger partial charge in [0, 0.05) is 11.1 Å². The molecule has 0 aromatic heterocycles. The van der Waals surface area contributed by atoms with Crippen LogP contribution in [0.4, 0.5) is 5.69 Å². The van der Waals surface area contributed by atoms with Crippen molar-refractivity contribution in [2.24, 2.45) is 0 Å². The number of nitrogens with zero attached hydrogens (tertiary/aromatic N) is 2. The predicted molar refractivity (Wildman–Crippen MR) is 109 cm³/mol. The normalized spacial score (nSPS) is 17.2. The summed E-state index contributed by atoms with van der Waals surface area (Å²) in [5.74, 6) is -0.886. The molecule has 5 heteroatoms. The molecule has 1 aliphatic heterocycles. The standard InChI is InChI=1S/C23H26N2O3/c1-15-9-11-18(12-10-15)24-20(26)14-19(22(24)28)25(23(3,4)5)21(27)17-8-6-7-16(2)13-17/h6-13,19H,14H2,1-5H3. The van der Waals surface area contributed by atoms with Gasteiger partial charge in [0.05, 0.1) is 12.1 Å². The monoisotopic (exact) mass is 378 g/mol. The second-order valence-corrected chi connectivity index (χ2v) is 8.34. The van der Waals surface area contributed by atoms with Crippen molar-refractivity contribution in [3.63, 3.8) is 0 Å². The van der Waals surface area contributed by atoms with Crippen molar-refractivity contribution in [3.05, 3.63) is 65.2 Å². The zero-order valence-corrected chi connectivity index (χ0v) is 17.0. The number of anilines is 1. The van der Waals surface area contributed by atoms with Gasteiger partial charge in [-0.15, -0.1) is 0 Å². The molecule has 5 nitrogen and oxygen atoms in total. The topological polar surface area (TPSA) is 57.7 Å². The molecule has 0 N–H and O–H groups in total. The summed E-state index contributed by atoms with van der Waals surface area (Å²) in [6.07, 6.45) is -0.0124. The van der Waals surface area contributed by atoms with Crippen LogP contribution < -0.4 is 4.90 Å². The molecule has 0 radical (unpaired) electrons. The number of carbonyl (C=O) groups excluding carboxylic acids is 3. The molecule has 1 atom stereocenters. The van der Waals surface area contributed by atoms with E-state index in [0.717, 1.165) is 11.1 Å². The van der Waals surface area contributed by atoms with Gasteiger partial charge in [0.1, 0.15) is 6.04 Å². The van der Waals surface area contributed by atoms with Crippen molar-refractivity contribution in [2.45, 2.75) is 52.6 Å². The van der Waals surface area contributed by atoms with Gasteiger partial charge in [-0.25, -0.2) is 4.90 Å². The van der Waals surface area contributed by atoms with Crippen molar-refractivity contribution < 1.29 is 14.4 Å². The molecule has 1 fully saturated rings. The largest absolute Gasteiger partial charge is 0.321 e. The highest BCUT2D eigenvalue weighted by Crippen LogP contribution is 2.31. The Kier molecular flexibility index (Phi) is 5.11. The van der Waals surface area contributed by atoms with E-state index in [1.165, 1.54) is 4.90 Å². The number of benzene rings is 2. The van der Waals surface area contributed by atoms with Crippen LogP contribution in [0.2, 0.25) is 0 Å². The number of amides is 3. The summed E-state index contributed by atoms with van der Waals surface area (Å²) >= 11 is 0. The molecule has 0 spiro atoms. The molecule has 3 amide bonds. The Morgan fingerprint density at radius 3 is 2.21 bits per heavy atom. The van der Waals surface area contributed by atoms with E-state index in [1.807, 2.05) is 58.9 Å². The van der Waals surface area contributed by atoms with Gasteiger partial charge in [0.2, 0.25) is 5.91 Å². The lowest BCUT2D eigenvalue weighted by atomic mass is 9.99. The fraction of sp³-hybridized carbons (Fsp3) is 0.348. The third-order valence-electron chi connectivity index (χ3n) is 4.93. The minimum absolute atomic E-state index is 0.0124. The third-order valence-corrected chi connectivity index (χ3v) is 4.93. The number of hydrogen-bond acceptors (Lipinski definition) is 3. The van der Waals surface area contributed by atoms with Gasteiger partial charge in [0.15, 0.2) is 0 Å². The van der Waals surface area contributed by atoms with Crippen LogP contribution in [0, 0.1) is 13.8 Å². The molecule has 0 saturated carbocycles. The fourth-order valence-electron chi connectivity index (χ4n) is 3.61. The summed E-state index contributed by atoms with van der Waals surface area (Å²) in [4.78, 5) is 42.0. The lowest BCUT2D eigenvalue weighted by molar-refractivity contribution is -0.123. The van der Waals surface area contributed by atoms with E-state index >= 15 is 0 Å². The molecule has 28 heavy (non-hydrogen) atoms. The van der Waals surface area contributed by atoms with Crippen molar-refractivity contribution in [1.29, 1.82) is 0 Å². The van der Waals surface area contributed by atoms with Crippen LogP contribution in [-0.2, 0) is 9.59 Å². The molecule has 2 aromatic rings. The Morgan fingerprint density at radius 1 is 1.00 bits per heavy atom. The first-order chi connectivity index (χ1) is 13.1. The number of aryl methyl sites for hydroxylation is 2. The summed E-state index contributed by atoms with van der Waals surface area (Å²) in [5.41, 5.74) is 2.45. The summed E-state index contributed by atoms with van der Waals surface area (Å²) in [5, 5.41) is 0. The Labute approximate surface area is 166 Å². The quantitative estimate of drug-likeness (QED) is 0.762. The minimum atomic E-state index is -0.818. The maximum Gasteiger partial charge on any atom is 0.257 e. The van der Waals surface area contributed by atoms with Crippen molar-refractivity contribution in [3.8, 4) is 0 Å². The lowest BCUT2D eigenvalue weighted by Crippen LogP contribution is -2.54. The molecule has 146 valence electrons. The fourth-order valence-corrected chi connectivity index (χ4v) is 3.61. The molecule has 0 bridgehead atoms. The molecule has 0 aliphatic carbocycles. The summed E-state index contributed by atoms with van der Waals surface area (Å²) in [7, 11) is 0. The van der Waals surface area contributed by atoms with E-state index in [2.05, 4.69) is 0 Å². The number of rotatable bonds is 3. The first-order valence-electron chi connectivity index (χ1n) is 9.43. The Hall–Kier alpha value is -2.95. The van der Waals surface area contributed by atoms with Crippen LogP contribution in [0.3, 0.4) is 0 Å². The van der Waals surface area contributed by atoms with E-state index in [4.69, 9.17) is 0 Å². The number of carbonyl (C=O) groups is 3. The molecular weight excluding hydrogens is 352 g/mol. The molecular formula is C23H26N2O3. The van der Waals surface area contributed by atoms with Crippen LogP contribution >= 0.6 is 0 Å². The number of imide groups is 1. The van der Waals surface area contributed by atoms with Crippen LogP contribution in [0.5, 0.6) is 0 Å². The van der Waals surface area contributed by atoms with Gasteiger partial charge in [0.25, 0.3) is 11.8 Å². The highest BCUT2D eigenvalue weighted by atomic mass is 16.2. The van der Waals surface area contributed by atoms with Gasteiger partial charge in [-0.3, -0.25) is 14.4 Å². The van der Waals surface area contributed by atoms with E-state index in [1.54, 1.807) is 29.2 Å². The van der Waals surface area contributed by atoms with Gasteiger partial charge in [-0.05, 0) is 58.9 Å². The average molecular weight is 378 g/mol. The van der Waals surface area contributed by atoms with Crippen LogP contribution in [0.25, 0.3) is 0 Å². The first-order valence-corrected chi connectivity index (χ1v) is 9.43. The highest BCUT2D eigenvalue weighted by Gasteiger charge is 2.47. The third kappa shape index (κ3) is 3.70. The average Bonchev–Trinajstić information content (AvgIpc) is 2.89. The van der Waals surface area contributed by atoms with Crippen LogP contribution in [0.1, 0.15) is 48.7 Å². The summed E-state index contributed by atoms with van der Waals surface area (Å²) in [6.45, 7) is 9.51. The maximum absolute atomic E-state index is 13.3. The summed E-state index contributed by atoms with van der Waals surface area (Å²) < 4.78 is 0. The highest BCUT2D eigenvalue weighted by molar-refractivity contribution is 6.23. The zero-order chi connectivity index (χ0) is 20.6. The SMILES string of the molecule is Cc1ccc(N2C(=O)CC(N(C(=O)c3cccc(C)c3)C(C)(C)C)C2=O)cc1. The van der Waals surface area contributed by atoms with E-state index in [0.29, 0.717) is 11.3 Å². The molecule has 3 rings (SSSR count). The maximum atomic E-state index is 13.3. The van der Waals surface area contributed by atoms with Crippen LogP contribution in [0.15, 0.2) is 48.5 Å². The van der Waals surface area contributed by atoms with Crippen molar-refractivity contribution >= 4 is 23.4 Å². The Morgan fingerprint density at radius 2 is 1.64 bits per heavy atom. The van der Waals surface area contributed by atoms with Gasteiger partial charge in [-0.1, -0.05) is 35.4 Å². The molecule has 1 heterocycles. The predicted octanol–water partition coefficient (Wildman–Crippen LogP) is 3.88. The van der Waals surface area contributed by atoms with E-state index in [9.17, 15) is 14.4 Å². The van der Waals surface area contributed by atoms with Crippen molar-refractivity contribution in [2.75, 3.05) is 4.90 Å². The zero-order valence-electron chi connectivity index (χ0n) is 17.0. The Balaban J connectivity index is 1.98. The van der Waals surface area contributed by atoms with Gasteiger partial charge < -0.3 is 4.90 Å². The van der Waals surface area contributed by atoms with E-state index < -0.39 is 11.6 Å². The van der Waals surface area contributed by atoms with Crippen LogP contribution in [-0.4, -0.2) is 34.2 Å². The smallest absolute Gasteiger partial charge is 0.257 e.